The molecule has 0 saturated carbocycles. The van der Waals surface area contributed by atoms with Gasteiger partial charge in [0.05, 0.1) is 7.11 Å². The normalized spacial score (nSPS) is 23.4. The molecule has 3 nitrogen and oxygen atoms in total. The summed E-state index contributed by atoms with van der Waals surface area (Å²) in [5.74, 6) is 2.08. The Bertz CT molecular complexity index is 478. The van der Waals surface area contributed by atoms with E-state index in [1.54, 1.807) is 7.11 Å². The summed E-state index contributed by atoms with van der Waals surface area (Å²) < 4.78 is 5.38. The summed E-state index contributed by atoms with van der Waals surface area (Å²) in [5, 5.41) is 3.38. The third-order valence-corrected chi connectivity index (χ3v) is 4.52. The SMILES string of the molecule is COc1cccc2c1CC(CC1CCNCC1)C2=O. The minimum atomic E-state index is 0.175. The zero-order chi connectivity index (χ0) is 13.2. The number of hydrogen-bond acceptors (Lipinski definition) is 3. The van der Waals surface area contributed by atoms with E-state index >= 15 is 0 Å². The van der Waals surface area contributed by atoms with Crippen molar-refractivity contribution in [1.29, 1.82) is 0 Å². The Kier molecular flexibility index (Phi) is 3.56. The molecule has 0 amide bonds. The van der Waals surface area contributed by atoms with E-state index in [1.165, 1.54) is 12.8 Å². The molecule has 3 heteroatoms. The molecule has 3 rings (SSSR count). The first-order valence-electron chi connectivity index (χ1n) is 7.20. The van der Waals surface area contributed by atoms with Gasteiger partial charge in [-0.25, -0.2) is 0 Å². The molecule has 1 aromatic carbocycles. The van der Waals surface area contributed by atoms with Crippen LogP contribution in [0.5, 0.6) is 5.75 Å². The summed E-state index contributed by atoms with van der Waals surface area (Å²) in [7, 11) is 1.68. The molecule has 1 aromatic rings. The smallest absolute Gasteiger partial charge is 0.166 e. The van der Waals surface area contributed by atoms with E-state index in [2.05, 4.69) is 5.32 Å². The molecule has 0 aromatic heterocycles. The topological polar surface area (TPSA) is 38.3 Å². The monoisotopic (exact) mass is 259 g/mol. The first-order valence-corrected chi connectivity index (χ1v) is 7.20. The van der Waals surface area contributed by atoms with Gasteiger partial charge in [0.15, 0.2) is 5.78 Å². The van der Waals surface area contributed by atoms with Crippen molar-refractivity contribution in [3.05, 3.63) is 29.3 Å². The average molecular weight is 259 g/mol. The van der Waals surface area contributed by atoms with Gasteiger partial charge in [-0.2, -0.15) is 0 Å². The number of fused-ring (bicyclic) bond motifs is 1. The van der Waals surface area contributed by atoms with Crippen molar-refractivity contribution in [3.8, 4) is 5.75 Å². The molecule has 2 aliphatic rings. The van der Waals surface area contributed by atoms with Gasteiger partial charge in [-0.3, -0.25) is 4.79 Å². The highest BCUT2D eigenvalue weighted by Gasteiger charge is 2.34. The Labute approximate surface area is 114 Å². The van der Waals surface area contributed by atoms with Crippen molar-refractivity contribution in [2.45, 2.75) is 25.7 Å². The minimum Gasteiger partial charge on any atom is -0.496 e. The highest BCUT2D eigenvalue weighted by atomic mass is 16.5. The maximum absolute atomic E-state index is 12.5. The Morgan fingerprint density at radius 1 is 1.32 bits per heavy atom. The van der Waals surface area contributed by atoms with Crippen molar-refractivity contribution in [1.82, 2.24) is 5.32 Å². The van der Waals surface area contributed by atoms with E-state index < -0.39 is 0 Å². The number of carbonyl (C=O) groups is 1. The molecule has 1 atom stereocenters. The molecule has 1 aliphatic carbocycles. The summed E-state index contributed by atoms with van der Waals surface area (Å²) in [6.45, 7) is 2.20. The van der Waals surface area contributed by atoms with Crippen LogP contribution < -0.4 is 10.1 Å². The number of carbonyl (C=O) groups excluding carboxylic acids is 1. The zero-order valence-corrected chi connectivity index (χ0v) is 11.4. The number of benzene rings is 1. The number of hydrogen-bond donors (Lipinski definition) is 1. The summed E-state index contributed by atoms with van der Waals surface area (Å²) >= 11 is 0. The van der Waals surface area contributed by atoms with Gasteiger partial charge >= 0.3 is 0 Å². The second kappa shape index (κ2) is 5.33. The average Bonchev–Trinajstić information content (AvgIpc) is 2.77. The first-order chi connectivity index (χ1) is 9.29. The lowest BCUT2D eigenvalue weighted by Gasteiger charge is -2.24. The van der Waals surface area contributed by atoms with Gasteiger partial charge in [0.1, 0.15) is 5.75 Å². The first kappa shape index (κ1) is 12.7. The van der Waals surface area contributed by atoms with E-state index in [0.717, 1.165) is 42.8 Å². The molecule has 102 valence electrons. The summed E-state index contributed by atoms with van der Waals surface area (Å²) in [5.41, 5.74) is 2.01. The van der Waals surface area contributed by atoms with E-state index in [9.17, 15) is 4.79 Å². The Hall–Kier alpha value is -1.35. The third kappa shape index (κ3) is 2.39. The van der Waals surface area contributed by atoms with Crippen LogP contribution in [0.3, 0.4) is 0 Å². The Morgan fingerprint density at radius 2 is 2.11 bits per heavy atom. The van der Waals surface area contributed by atoms with Gasteiger partial charge < -0.3 is 10.1 Å². The van der Waals surface area contributed by atoms with Crippen molar-refractivity contribution >= 4 is 5.78 Å². The molecule has 1 fully saturated rings. The van der Waals surface area contributed by atoms with Gasteiger partial charge in [-0.05, 0) is 50.8 Å². The lowest BCUT2D eigenvalue weighted by atomic mass is 9.86. The molecular formula is C16H21NO2. The highest BCUT2D eigenvalue weighted by molar-refractivity contribution is 6.02. The molecular weight excluding hydrogens is 238 g/mol. The second-order valence-corrected chi connectivity index (χ2v) is 5.68. The molecule has 19 heavy (non-hydrogen) atoms. The van der Waals surface area contributed by atoms with E-state index in [-0.39, 0.29) is 5.92 Å². The number of Topliss-reactive ketones (excluding diaryl/α,β-unsaturated/α-hetero) is 1. The molecule has 0 bridgehead atoms. The van der Waals surface area contributed by atoms with Gasteiger partial charge in [0, 0.05) is 17.0 Å². The van der Waals surface area contributed by atoms with E-state index in [0.29, 0.717) is 11.7 Å². The highest BCUT2D eigenvalue weighted by Crippen LogP contribution is 2.37. The van der Waals surface area contributed by atoms with Crippen LogP contribution in [0.2, 0.25) is 0 Å². The maximum atomic E-state index is 12.5. The largest absolute Gasteiger partial charge is 0.496 e. The van der Waals surface area contributed by atoms with Gasteiger partial charge in [-0.15, -0.1) is 0 Å². The van der Waals surface area contributed by atoms with Gasteiger partial charge in [0.25, 0.3) is 0 Å². The van der Waals surface area contributed by atoms with Crippen LogP contribution in [0.15, 0.2) is 18.2 Å². The van der Waals surface area contributed by atoms with Crippen molar-refractivity contribution in [2.75, 3.05) is 20.2 Å². The van der Waals surface area contributed by atoms with Gasteiger partial charge in [0.2, 0.25) is 0 Å². The quantitative estimate of drug-likeness (QED) is 0.906. The van der Waals surface area contributed by atoms with Crippen LogP contribution in [-0.2, 0) is 6.42 Å². The number of rotatable bonds is 3. The van der Waals surface area contributed by atoms with Crippen LogP contribution in [0.25, 0.3) is 0 Å². The summed E-state index contributed by atoms with van der Waals surface area (Å²) in [6.07, 6.45) is 4.31. The second-order valence-electron chi connectivity index (χ2n) is 5.68. The maximum Gasteiger partial charge on any atom is 0.166 e. The lowest BCUT2D eigenvalue weighted by Crippen LogP contribution is -2.29. The van der Waals surface area contributed by atoms with Crippen molar-refractivity contribution < 1.29 is 9.53 Å². The molecule has 0 radical (unpaired) electrons. The fraction of sp³-hybridized carbons (Fsp3) is 0.562. The minimum absolute atomic E-state index is 0.175. The predicted octanol–water partition coefficient (Wildman–Crippen LogP) is 2.44. The molecule has 1 heterocycles. The van der Waals surface area contributed by atoms with Crippen LogP contribution >= 0.6 is 0 Å². The number of nitrogens with one attached hydrogen (secondary N) is 1. The number of piperidine rings is 1. The number of ether oxygens (including phenoxy) is 1. The number of methoxy groups -OCH3 is 1. The number of ketones is 1. The zero-order valence-electron chi connectivity index (χ0n) is 11.4. The Balaban J connectivity index is 1.75. The molecule has 1 N–H and O–H groups in total. The third-order valence-electron chi connectivity index (χ3n) is 4.52. The van der Waals surface area contributed by atoms with Crippen molar-refractivity contribution in [2.24, 2.45) is 11.8 Å². The van der Waals surface area contributed by atoms with E-state index in [1.807, 2.05) is 18.2 Å². The van der Waals surface area contributed by atoms with Crippen molar-refractivity contribution in [3.63, 3.8) is 0 Å². The van der Waals surface area contributed by atoms with Crippen LogP contribution in [-0.4, -0.2) is 26.0 Å². The van der Waals surface area contributed by atoms with E-state index in [4.69, 9.17) is 4.74 Å². The van der Waals surface area contributed by atoms with Crippen LogP contribution in [0, 0.1) is 11.8 Å². The van der Waals surface area contributed by atoms with Crippen LogP contribution in [0.1, 0.15) is 35.2 Å². The summed E-state index contributed by atoms with van der Waals surface area (Å²) in [4.78, 5) is 12.5. The van der Waals surface area contributed by atoms with Crippen LogP contribution in [0.4, 0.5) is 0 Å². The fourth-order valence-corrected chi connectivity index (χ4v) is 3.47. The predicted molar refractivity (Wildman–Crippen MR) is 74.7 cm³/mol. The lowest BCUT2D eigenvalue weighted by molar-refractivity contribution is 0.0913. The molecule has 1 aliphatic heterocycles. The Morgan fingerprint density at radius 3 is 2.84 bits per heavy atom. The molecule has 1 saturated heterocycles. The molecule has 0 spiro atoms. The fourth-order valence-electron chi connectivity index (χ4n) is 3.47. The summed E-state index contributed by atoms with van der Waals surface area (Å²) in [6, 6.07) is 5.82. The van der Waals surface area contributed by atoms with Gasteiger partial charge in [-0.1, -0.05) is 12.1 Å². The molecule has 1 unspecified atom stereocenters. The standard InChI is InChI=1S/C16H21NO2/c1-19-15-4-2-3-13-14(15)10-12(16(13)18)9-11-5-7-17-8-6-11/h2-4,11-12,17H,5-10H2,1H3.